The van der Waals surface area contributed by atoms with Crippen molar-refractivity contribution in [1.82, 2.24) is 0 Å². The maximum atomic E-state index is 13.0. The number of rotatable bonds is 1. The molecule has 0 aliphatic heterocycles. The Kier molecular flexibility index (Phi) is 3.66. The van der Waals surface area contributed by atoms with Crippen molar-refractivity contribution in [3.8, 4) is 11.1 Å². The molecule has 0 unspecified atom stereocenters. The molecule has 2 rings (SSSR count). The maximum absolute atomic E-state index is 13.0. The largest absolute Gasteiger partial charge is 0.417 e. The number of aryl methyl sites for hydroxylation is 1. The Morgan fingerprint density at radius 2 is 1.61 bits per heavy atom. The van der Waals surface area contributed by atoms with Crippen molar-refractivity contribution in [3.63, 3.8) is 0 Å². The summed E-state index contributed by atoms with van der Waals surface area (Å²) in [6.07, 6.45) is -4.33. The van der Waals surface area contributed by atoms with Crippen LogP contribution in [0.1, 0.15) is 11.1 Å². The van der Waals surface area contributed by atoms with Crippen molar-refractivity contribution in [2.24, 2.45) is 0 Å². The third-order valence-corrected chi connectivity index (χ3v) is 3.39. The molecule has 18 heavy (non-hydrogen) atoms. The summed E-state index contributed by atoms with van der Waals surface area (Å²) in [4.78, 5) is 0. The summed E-state index contributed by atoms with van der Waals surface area (Å²) in [5.41, 5.74) is 1.12. The summed E-state index contributed by atoms with van der Waals surface area (Å²) < 4.78 is 39.8. The van der Waals surface area contributed by atoms with Crippen LogP contribution >= 0.6 is 22.6 Å². The fraction of sp³-hybridized carbons (Fsp3) is 0.143. The number of halogens is 4. The van der Waals surface area contributed by atoms with E-state index in [9.17, 15) is 13.2 Å². The number of hydrogen-bond donors (Lipinski definition) is 0. The van der Waals surface area contributed by atoms with Gasteiger partial charge in [0.05, 0.1) is 5.56 Å². The standard InChI is InChI=1S/C14H10F3I/c1-9-6-7-10(18)8-12(9)11-4-2-3-5-13(11)14(15,16)17/h2-8H,1H3. The van der Waals surface area contributed by atoms with Gasteiger partial charge in [-0.3, -0.25) is 0 Å². The first-order valence-electron chi connectivity index (χ1n) is 5.32. The average Bonchev–Trinajstić information content (AvgIpc) is 2.31. The van der Waals surface area contributed by atoms with E-state index in [-0.39, 0.29) is 5.56 Å². The first-order chi connectivity index (χ1) is 8.39. The highest BCUT2D eigenvalue weighted by Crippen LogP contribution is 2.38. The molecule has 0 fully saturated rings. The van der Waals surface area contributed by atoms with E-state index in [0.717, 1.165) is 15.2 Å². The Bertz CT molecular complexity index is 573. The molecule has 0 amide bonds. The Morgan fingerprint density at radius 3 is 2.28 bits per heavy atom. The molecular formula is C14H10F3I. The van der Waals surface area contributed by atoms with Crippen LogP contribution in [0.5, 0.6) is 0 Å². The fourth-order valence-corrected chi connectivity index (χ4v) is 2.34. The molecule has 4 heteroatoms. The normalized spacial score (nSPS) is 11.6. The third kappa shape index (κ3) is 2.68. The Hall–Kier alpha value is -1.04. The van der Waals surface area contributed by atoms with Crippen LogP contribution in [-0.4, -0.2) is 0 Å². The summed E-state index contributed by atoms with van der Waals surface area (Å²) in [6.45, 7) is 1.82. The molecule has 2 aromatic carbocycles. The molecule has 0 aliphatic carbocycles. The fourth-order valence-electron chi connectivity index (χ4n) is 1.85. The van der Waals surface area contributed by atoms with Crippen LogP contribution in [0.2, 0.25) is 0 Å². The lowest BCUT2D eigenvalue weighted by Crippen LogP contribution is -2.07. The van der Waals surface area contributed by atoms with Gasteiger partial charge in [-0.05, 0) is 64.4 Å². The lowest BCUT2D eigenvalue weighted by Gasteiger charge is -2.14. The summed E-state index contributed by atoms with van der Waals surface area (Å²) >= 11 is 2.10. The highest BCUT2D eigenvalue weighted by atomic mass is 127. The van der Waals surface area contributed by atoms with Crippen molar-refractivity contribution in [1.29, 1.82) is 0 Å². The quantitative estimate of drug-likeness (QED) is 0.605. The van der Waals surface area contributed by atoms with Gasteiger partial charge in [0.2, 0.25) is 0 Å². The van der Waals surface area contributed by atoms with E-state index >= 15 is 0 Å². The van der Waals surface area contributed by atoms with Gasteiger partial charge in [0.15, 0.2) is 0 Å². The topological polar surface area (TPSA) is 0 Å². The van der Waals surface area contributed by atoms with Crippen molar-refractivity contribution in [2.75, 3.05) is 0 Å². The Balaban J connectivity index is 2.68. The average molecular weight is 362 g/mol. The van der Waals surface area contributed by atoms with Crippen LogP contribution in [0, 0.1) is 10.5 Å². The van der Waals surface area contributed by atoms with Gasteiger partial charge in [-0.1, -0.05) is 24.3 Å². The second kappa shape index (κ2) is 4.91. The van der Waals surface area contributed by atoms with Gasteiger partial charge < -0.3 is 0 Å². The van der Waals surface area contributed by atoms with Crippen LogP contribution in [0.15, 0.2) is 42.5 Å². The van der Waals surface area contributed by atoms with Gasteiger partial charge in [0, 0.05) is 3.57 Å². The molecular weight excluding hydrogens is 352 g/mol. The molecule has 94 valence electrons. The van der Waals surface area contributed by atoms with Crippen molar-refractivity contribution in [3.05, 3.63) is 57.2 Å². The molecule has 0 nitrogen and oxygen atoms in total. The monoisotopic (exact) mass is 362 g/mol. The van der Waals surface area contributed by atoms with E-state index in [0.29, 0.717) is 5.56 Å². The molecule has 0 aliphatic rings. The lowest BCUT2D eigenvalue weighted by molar-refractivity contribution is -0.137. The van der Waals surface area contributed by atoms with E-state index < -0.39 is 11.7 Å². The number of alkyl halides is 3. The zero-order valence-electron chi connectivity index (χ0n) is 9.55. The van der Waals surface area contributed by atoms with E-state index in [1.807, 2.05) is 19.1 Å². The van der Waals surface area contributed by atoms with Crippen LogP contribution in [0.4, 0.5) is 13.2 Å². The SMILES string of the molecule is Cc1ccc(I)cc1-c1ccccc1C(F)(F)F. The second-order valence-corrected chi connectivity index (χ2v) is 5.25. The zero-order chi connectivity index (χ0) is 13.3. The van der Waals surface area contributed by atoms with Crippen LogP contribution in [0.25, 0.3) is 11.1 Å². The van der Waals surface area contributed by atoms with Crippen LogP contribution in [0.3, 0.4) is 0 Å². The van der Waals surface area contributed by atoms with E-state index in [1.54, 1.807) is 12.1 Å². The maximum Gasteiger partial charge on any atom is 0.417 e. The third-order valence-electron chi connectivity index (χ3n) is 2.72. The summed E-state index contributed by atoms with van der Waals surface area (Å²) in [7, 11) is 0. The van der Waals surface area contributed by atoms with Gasteiger partial charge in [0.25, 0.3) is 0 Å². The molecule has 0 heterocycles. The number of benzene rings is 2. The first-order valence-corrected chi connectivity index (χ1v) is 6.40. The highest BCUT2D eigenvalue weighted by Gasteiger charge is 2.33. The molecule has 0 N–H and O–H groups in total. The first kappa shape index (κ1) is 13.4. The lowest BCUT2D eigenvalue weighted by atomic mass is 9.96. The van der Waals surface area contributed by atoms with Gasteiger partial charge in [-0.25, -0.2) is 0 Å². The number of hydrogen-bond acceptors (Lipinski definition) is 0. The summed E-state index contributed by atoms with van der Waals surface area (Å²) in [5, 5.41) is 0. The van der Waals surface area contributed by atoms with Crippen LogP contribution in [-0.2, 0) is 6.18 Å². The predicted molar refractivity (Wildman–Crippen MR) is 74.3 cm³/mol. The Labute approximate surface area is 117 Å². The van der Waals surface area contributed by atoms with Crippen LogP contribution < -0.4 is 0 Å². The molecule has 0 spiro atoms. The zero-order valence-corrected chi connectivity index (χ0v) is 11.7. The highest BCUT2D eigenvalue weighted by molar-refractivity contribution is 14.1. The van der Waals surface area contributed by atoms with Gasteiger partial charge in [-0.2, -0.15) is 13.2 Å². The van der Waals surface area contributed by atoms with Crippen molar-refractivity contribution < 1.29 is 13.2 Å². The smallest absolute Gasteiger partial charge is 0.166 e. The second-order valence-electron chi connectivity index (χ2n) is 4.00. The van der Waals surface area contributed by atoms with Crippen molar-refractivity contribution >= 4 is 22.6 Å². The minimum atomic E-state index is -4.33. The van der Waals surface area contributed by atoms with Gasteiger partial charge in [-0.15, -0.1) is 0 Å². The van der Waals surface area contributed by atoms with Crippen molar-refractivity contribution in [2.45, 2.75) is 13.1 Å². The summed E-state index contributed by atoms with van der Waals surface area (Å²) in [5.74, 6) is 0. The van der Waals surface area contributed by atoms with Gasteiger partial charge >= 0.3 is 6.18 Å². The van der Waals surface area contributed by atoms with E-state index in [4.69, 9.17) is 0 Å². The van der Waals surface area contributed by atoms with Gasteiger partial charge in [0.1, 0.15) is 0 Å². The minimum Gasteiger partial charge on any atom is -0.166 e. The molecule has 2 aromatic rings. The van der Waals surface area contributed by atoms with E-state index in [1.165, 1.54) is 12.1 Å². The molecule has 0 saturated heterocycles. The summed E-state index contributed by atoms with van der Waals surface area (Å²) in [6, 6.07) is 11.2. The Morgan fingerprint density at radius 1 is 0.944 bits per heavy atom. The van der Waals surface area contributed by atoms with E-state index in [2.05, 4.69) is 22.6 Å². The molecule has 0 aromatic heterocycles. The molecule has 0 radical (unpaired) electrons. The minimum absolute atomic E-state index is 0.237. The molecule has 0 atom stereocenters. The predicted octanol–water partition coefficient (Wildman–Crippen LogP) is 5.29. The molecule has 0 bridgehead atoms. The molecule has 0 saturated carbocycles.